The molecule has 0 radical (unpaired) electrons. The van der Waals surface area contributed by atoms with Gasteiger partial charge < -0.3 is 16.3 Å². The highest BCUT2D eigenvalue weighted by Crippen LogP contribution is 2.12. The summed E-state index contributed by atoms with van der Waals surface area (Å²) < 4.78 is 13.9. The fourth-order valence-corrected chi connectivity index (χ4v) is 1.46. The number of oxime groups is 1. The van der Waals surface area contributed by atoms with Gasteiger partial charge in [0.25, 0.3) is 0 Å². The minimum atomic E-state index is -0.445. The van der Waals surface area contributed by atoms with Gasteiger partial charge in [-0.3, -0.25) is 0 Å². The van der Waals surface area contributed by atoms with E-state index in [0.717, 1.165) is 6.54 Å². The molecular weight excluding hydrogens is 221 g/mol. The summed E-state index contributed by atoms with van der Waals surface area (Å²) in [4.78, 5) is 0. The molecule has 0 amide bonds. The van der Waals surface area contributed by atoms with Crippen LogP contribution in [0.2, 0.25) is 0 Å². The quantitative estimate of drug-likeness (QED) is 0.317. The Morgan fingerprint density at radius 2 is 2.24 bits per heavy atom. The second-order valence-corrected chi connectivity index (χ2v) is 4.29. The van der Waals surface area contributed by atoms with Gasteiger partial charge in [0.2, 0.25) is 0 Å². The Bertz CT molecular complexity index is 405. The van der Waals surface area contributed by atoms with Crippen LogP contribution >= 0.6 is 0 Å². The van der Waals surface area contributed by atoms with Crippen molar-refractivity contribution >= 4 is 5.84 Å². The van der Waals surface area contributed by atoms with Crippen LogP contribution in [0.1, 0.15) is 25.0 Å². The molecule has 0 aromatic heterocycles. The number of nitrogens with one attached hydrogen (secondary N) is 1. The Morgan fingerprint density at radius 1 is 1.53 bits per heavy atom. The van der Waals surface area contributed by atoms with Gasteiger partial charge in [-0.25, -0.2) is 4.39 Å². The molecule has 94 valence electrons. The summed E-state index contributed by atoms with van der Waals surface area (Å²) in [5.74, 6) is -0.155. The van der Waals surface area contributed by atoms with Crippen molar-refractivity contribution in [2.75, 3.05) is 6.54 Å². The molecule has 1 aromatic carbocycles. The summed E-state index contributed by atoms with van der Waals surface area (Å²) in [7, 11) is 0. The van der Waals surface area contributed by atoms with Crippen molar-refractivity contribution in [3.05, 3.63) is 35.1 Å². The van der Waals surface area contributed by atoms with Crippen LogP contribution in [0, 0.1) is 11.7 Å². The number of rotatable bonds is 5. The lowest BCUT2D eigenvalue weighted by Gasteiger charge is -2.10. The van der Waals surface area contributed by atoms with Crippen LogP contribution < -0.4 is 11.1 Å². The van der Waals surface area contributed by atoms with E-state index in [9.17, 15) is 4.39 Å². The minimum Gasteiger partial charge on any atom is -0.409 e. The standard InChI is InChI=1S/C12H18FN3O/c1-8(2)6-15-7-9-4-3-5-10(11(9)13)12(14)16-17/h3-5,8,15,17H,6-7H2,1-2H3,(H2,14,16). The molecule has 0 spiro atoms. The van der Waals surface area contributed by atoms with Gasteiger partial charge in [0.1, 0.15) is 5.82 Å². The number of nitrogens with two attached hydrogens (primary N) is 1. The molecule has 0 atom stereocenters. The zero-order valence-electron chi connectivity index (χ0n) is 10.1. The van der Waals surface area contributed by atoms with Gasteiger partial charge in [-0.05, 0) is 18.5 Å². The van der Waals surface area contributed by atoms with Gasteiger partial charge in [0, 0.05) is 12.1 Å². The van der Waals surface area contributed by atoms with Crippen LogP contribution in [0.15, 0.2) is 23.4 Å². The van der Waals surface area contributed by atoms with Crippen LogP contribution in [0.4, 0.5) is 4.39 Å². The van der Waals surface area contributed by atoms with Gasteiger partial charge >= 0.3 is 0 Å². The van der Waals surface area contributed by atoms with Crippen molar-refractivity contribution in [3.8, 4) is 0 Å². The molecule has 0 aliphatic heterocycles. The highest BCUT2D eigenvalue weighted by molar-refractivity contribution is 5.97. The van der Waals surface area contributed by atoms with Crippen molar-refractivity contribution in [2.24, 2.45) is 16.8 Å². The SMILES string of the molecule is CC(C)CNCc1cccc(/C(N)=N/O)c1F. The second kappa shape index (κ2) is 6.20. The number of hydrogen-bond acceptors (Lipinski definition) is 3. The van der Waals surface area contributed by atoms with E-state index in [-0.39, 0.29) is 11.4 Å². The lowest BCUT2D eigenvalue weighted by molar-refractivity contribution is 0.318. The maximum absolute atomic E-state index is 13.9. The Morgan fingerprint density at radius 3 is 2.82 bits per heavy atom. The molecular formula is C12H18FN3O. The molecule has 0 unspecified atom stereocenters. The summed E-state index contributed by atoms with van der Waals surface area (Å²) in [6.07, 6.45) is 0. The van der Waals surface area contributed by atoms with E-state index in [2.05, 4.69) is 24.3 Å². The monoisotopic (exact) mass is 239 g/mol. The van der Waals surface area contributed by atoms with Gasteiger partial charge in [-0.1, -0.05) is 31.1 Å². The summed E-state index contributed by atoms with van der Waals surface area (Å²) >= 11 is 0. The number of benzene rings is 1. The number of hydrogen-bond donors (Lipinski definition) is 3. The molecule has 17 heavy (non-hydrogen) atoms. The van der Waals surface area contributed by atoms with Crippen LogP contribution in [-0.2, 0) is 6.54 Å². The molecule has 0 bridgehead atoms. The van der Waals surface area contributed by atoms with E-state index in [0.29, 0.717) is 18.0 Å². The van der Waals surface area contributed by atoms with Crippen LogP contribution in [0.3, 0.4) is 0 Å². The highest BCUT2D eigenvalue weighted by Gasteiger charge is 2.11. The molecule has 1 rings (SSSR count). The van der Waals surface area contributed by atoms with E-state index in [1.54, 1.807) is 12.1 Å². The van der Waals surface area contributed by atoms with E-state index < -0.39 is 5.82 Å². The zero-order chi connectivity index (χ0) is 12.8. The lowest BCUT2D eigenvalue weighted by atomic mass is 10.1. The normalized spacial score (nSPS) is 12.1. The summed E-state index contributed by atoms with van der Waals surface area (Å²) in [5.41, 5.74) is 6.01. The van der Waals surface area contributed by atoms with Crippen LogP contribution in [0.5, 0.6) is 0 Å². The maximum Gasteiger partial charge on any atom is 0.173 e. The first-order valence-corrected chi connectivity index (χ1v) is 5.52. The molecule has 4 nitrogen and oxygen atoms in total. The van der Waals surface area contributed by atoms with E-state index >= 15 is 0 Å². The summed E-state index contributed by atoms with van der Waals surface area (Å²) in [6.45, 7) is 5.40. The van der Waals surface area contributed by atoms with E-state index in [1.807, 2.05) is 0 Å². The summed E-state index contributed by atoms with van der Waals surface area (Å²) in [6, 6.07) is 4.84. The molecule has 1 aromatic rings. The molecule has 0 fully saturated rings. The second-order valence-electron chi connectivity index (χ2n) is 4.29. The molecule has 0 saturated carbocycles. The summed E-state index contributed by atoms with van der Waals surface area (Å²) in [5, 5.41) is 14.5. The first-order chi connectivity index (χ1) is 8.06. The highest BCUT2D eigenvalue weighted by atomic mass is 19.1. The van der Waals surface area contributed by atoms with Crippen molar-refractivity contribution in [2.45, 2.75) is 20.4 Å². The topological polar surface area (TPSA) is 70.6 Å². The Kier molecular flexibility index (Phi) is 4.90. The fraction of sp³-hybridized carbons (Fsp3) is 0.417. The molecule has 0 saturated heterocycles. The average Bonchev–Trinajstić information content (AvgIpc) is 2.30. The Hall–Kier alpha value is -1.62. The van der Waals surface area contributed by atoms with Crippen molar-refractivity contribution in [1.29, 1.82) is 0 Å². The molecule has 0 heterocycles. The molecule has 0 aliphatic rings. The number of nitrogens with zero attached hydrogens (tertiary/aromatic N) is 1. The molecule has 4 N–H and O–H groups in total. The van der Waals surface area contributed by atoms with E-state index in [4.69, 9.17) is 10.9 Å². The van der Waals surface area contributed by atoms with Gasteiger partial charge in [0.05, 0.1) is 5.56 Å². The third-order valence-electron chi connectivity index (χ3n) is 2.33. The lowest BCUT2D eigenvalue weighted by Crippen LogP contribution is -2.21. The number of halogens is 1. The average molecular weight is 239 g/mol. The van der Waals surface area contributed by atoms with Crippen LogP contribution in [-0.4, -0.2) is 17.6 Å². The third-order valence-corrected chi connectivity index (χ3v) is 2.33. The van der Waals surface area contributed by atoms with Gasteiger partial charge in [0.15, 0.2) is 5.84 Å². The Labute approximate surface area is 100 Å². The Balaban J connectivity index is 2.80. The first kappa shape index (κ1) is 13.4. The number of amidine groups is 1. The van der Waals surface area contributed by atoms with E-state index in [1.165, 1.54) is 6.07 Å². The maximum atomic E-state index is 13.9. The predicted molar refractivity (Wildman–Crippen MR) is 65.5 cm³/mol. The van der Waals surface area contributed by atoms with Crippen molar-refractivity contribution in [3.63, 3.8) is 0 Å². The predicted octanol–water partition coefficient (Wildman–Crippen LogP) is 1.67. The van der Waals surface area contributed by atoms with Gasteiger partial charge in [-0.15, -0.1) is 0 Å². The first-order valence-electron chi connectivity index (χ1n) is 5.52. The van der Waals surface area contributed by atoms with Gasteiger partial charge in [-0.2, -0.15) is 0 Å². The van der Waals surface area contributed by atoms with Crippen molar-refractivity contribution < 1.29 is 9.60 Å². The fourth-order valence-electron chi connectivity index (χ4n) is 1.46. The largest absolute Gasteiger partial charge is 0.409 e. The smallest absolute Gasteiger partial charge is 0.173 e. The minimum absolute atomic E-state index is 0.122. The molecule has 0 aliphatic carbocycles. The molecule has 5 heteroatoms. The third kappa shape index (κ3) is 3.71. The van der Waals surface area contributed by atoms with Crippen LogP contribution in [0.25, 0.3) is 0 Å². The van der Waals surface area contributed by atoms with Crippen molar-refractivity contribution in [1.82, 2.24) is 5.32 Å². The zero-order valence-corrected chi connectivity index (χ0v) is 10.1.